The van der Waals surface area contributed by atoms with E-state index in [1.165, 1.54) is 36.8 Å². The van der Waals surface area contributed by atoms with E-state index in [9.17, 15) is 4.79 Å². The van der Waals surface area contributed by atoms with Gasteiger partial charge >= 0.3 is 0 Å². The smallest absolute Gasteiger partial charge is 0.241 e. The van der Waals surface area contributed by atoms with Crippen LogP contribution < -0.4 is 5.32 Å². The number of rotatable bonds is 7. The number of benzene rings is 1. The first-order valence-electron chi connectivity index (χ1n) is 12.5. The Morgan fingerprint density at radius 1 is 1.15 bits per heavy atom. The third-order valence-electron chi connectivity index (χ3n) is 6.92. The zero-order chi connectivity index (χ0) is 23.3. The molecule has 4 rings (SSSR count). The Morgan fingerprint density at radius 2 is 1.91 bits per heavy atom. The third kappa shape index (κ3) is 6.53. The van der Waals surface area contributed by atoms with Crippen LogP contribution in [0.25, 0.3) is 11.4 Å². The Morgan fingerprint density at radius 3 is 2.58 bits per heavy atom. The van der Waals surface area contributed by atoms with Gasteiger partial charge in [-0.2, -0.15) is 4.98 Å². The van der Waals surface area contributed by atoms with E-state index in [4.69, 9.17) is 4.52 Å². The lowest BCUT2D eigenvalue weighted by atomic mass is 9.87. The van der Waals surface area contributed by atoms with Crippen molar-refractivity contribution in [3.63, 3.8) is 0 Å². The standard InChI is InChI=1S/C27H38N4O2/c1-27(2,3)23-11-9-21(10-12-23)25-29-24(33-30-25)19-31-17-14-22(15-18-31)26(32)28-16-13-20-7-5-4-6-8-20/h7,9-12,22H,4-6,8,13-19H2,1-3H3,(H,28,32). The van der Waals surface area contributed by atoms with Gasteiger partial charge in [0.25, 0.3) is 0 Å². The van der Waals surface area contributed by atoms with Crippen molar-refractivity contribution in [2.24, 2.45) is 5.92 Å². The maximum atomic E-state index is 12.6. The number of carbonyl (C=O) groups excluding carboxylic acids is 1. The van der Waals surface area contributed by atoms with Crippen LogP contribution in [0.1, 0.15) is 77.2 Å². The van der Waals surface area contributed by atoms with Crippen molar-refractivity contribution < 1.29 is 9.32 Å². The molecule has 1 aliphatic carbocycles. The average Bonchev–Trinajstić information content (AvgIpc) is 3.28. The van der Waals surface area contributed by atoms with Crippen molar-refractivity contribution in [1.82, 2.24) is 20.4 Å². The summed E-state index contributed by atoms with van der Waals surface area (Å²) in [6.07, 6.45) is 10.1. The van der Waals surface area contributed by atoms with Gasteiger partial charge in [-0.3, -0.25) is 9.69 Å². The van der Waals surface area contributed by atoms with Crippen molar-refractivity contribution >= 4 is 5.91 Å². The van der Waals surface area contributed by atoms with Crippen molar-refractivity contribution in [2.45, 2.75) is 77.7 Å². The number of piperidine rings is 1. The lowest BCUT2D eigenvalue weighted by molar-refractivity contribution is -0.126. The van der Waals surface area contributed by atoms with Crippen molar-refractivity contribution in [2.75, 3.05) is 19.6 Å². The second-order valence-corrected chi connectivity index (χ2v) is 10.5. The fourth-order valence-corrected chi connectivity index (χ4v) is 4.72. The summed E-state index contributed by atoms with van der Waals surface area (Å²) in [6.45, 7) is 9.77. The van der Waals surface area contributed by atoms with Crippen LogP contribution >= 0.6 is 0 Å². The minimum atomic E-state index is 0.112. The summed E-state index contributed by atoms with van der Waals surface area (Å²) in [5.41, 5.74) is 3.89. The summed E-state index contributed by atoms with van der Waals surface area (Å²) in [7, 11) is 0. The number of nitrogens with one attached hydrogen (secondary N) is 1. The lowest BCUT2D eigenvalue weighted by Gasteiger charge is -2.30. The predicted octanol–water partition coefficient (Wildman–Crippen LogP) is 5.25. The van der Waals surface area contributed by atoms with E-state index in [2.05, 4.69) is 71.5 Å². The molecular weight excluding hydrogens is 412 g/mol. The SMILES string of the molecule is CC(C)(C)c1ccc(-c2noc(CN3CCC(C(=O)NCCC4=CCCCC4)CC3)n2)cc1. The van der Waals surface area contributed by atoms with Gasteiger partial charge in [0, 0.05) is 18.0 Å². The predicted molar refractivity (Wildman–Crippen MR) is 131 cm³/mol. The molecule has 1 N–H and O–H groups in total. The molecule has 1 aromatic carbocycles. The summed E-state index contributed by atoms with van der Waals surface area (Å²) in [4.78, 5) is 19.5. The molecule has 0 saturated carbocycles. The van der Waals surface area contributed by atoms with E-state index in [0.29, 0.717) is 18.3 Å². The summed E-state index contributed by atoms with van der Waals surface area (Å²) >= 11 is 0. The van der Waals surface area contributed by atoms with Crippen LogP contribution in [-0.4, -0.2) is 40.6 Å². The summed E-state index contributed by atoms with van der Waals surface area (Å²) in [5.74, 6) is 1.59. The second-order valence-electron chi connectivity index (χ2n) is 10.5. The molecule has 6 nitrogen and oxygen atoms in total. The molecule has 0 radical (unpaired) electrons. The number of carbonyl (C=O) groups is 1. The minimum Gasteiger partial charge on any atom is -0.356 e. The second kappa shape index (κ2) is 10.6. The van der Waals surface area contributed by atoms with Crippen molar-refractivity contribution in [3.8, 4) is 11.4 Å². The molecule has 1 amide bonds. The van der Waals surface area contributed by atoms with Gasteiger partial charge in [0.15, 0.2) is 0 Å². The van der Waals surface area contributed by atoms with Gasteiger partial charge in [0.1, 0.15) is 0 Å². The number of allylic oxidation sites excluding steroid dienone is 1. The van der Waals surface area contributed by atoms with Crippen LogP contribution in [-0.2, 0) is 16.8 Å². The van der Waals surface area contributed by atoms with Gasteiger partial charge in [-0.1, -0.05) is 61.8 Å². The fourth-order valence-electron chi connectivity index (χ4n) is 4.72. The lowest BCUT2D eigenvalue weighted by Crippen LogP contribution is -2.40. The summed E-state index contributed by atoms with van der Waals surface area (Å²) in [6, 6.07) is 8.38. The van der Waals surface area contributed by atoms with Gasteiger partial charge in [-0.15, -0.1) is 0 Å². The molecule has 0 spiro atoms. The molecule has 178 valence electrons. The third-order valence-corrected chi connectivity index (χ3v) is 6.92. The molecular formula is C27H38N4O2. The van der Waals surface area contributed by atoms with E-state index in [0.717, 1.165) is 44.5 Å². The Bertz CT molecular complexity index is 947. The van der Waals surface area contributed by atoms with Crippen molar-refractivity contribution in [3.05, 3.63) is 47.4 Å². The molecule has 2 aliphatic rings. The summed E-state index contributed by atoms with van der Waals surface area (Å²) in [5, 5.41) is 7.34. The highest BCUT2D eigenvalue weighted by Crippen LogP contribution is 2.26. The number of amides is 1. The largest absolute Gasteiger partial charge is 0.356 e. The zero-order valence-corrected chi connectivity index (χ0v) is 20.4. The van der Waals surface area contributed by atoms with E-state index >= 15 is 0 Å². The molecule has 1 aliphatic heterocycles. The topological polar surface area (TPSA) is 71.3 Å². The Kier molecular flexibility index (Phi) is 7.63. The average molecular weight is 451 g/mol. The van der Waals surface area contributed by atoms with Crippen molar-refractivity contribution in [1.29, 1.82) is 0 Å². The molecule has 1 fully saturated rings. The van der Waals surface area contributed by atoms with Gasteiger partial charge in [0.05, 0.1) is 6.54 Å². The maximum Gasteiger partial charge on any atom is 0.241 e. The maximum absolute atomic E-state index is 12.6. The van der Waals surface area contributed by atoms with E-state index in [1.807, 2.05) is 0 Å². The number of hydrogen-bond donors (Lipinski definition) is 1. The normalized spacial score (nSPS) is 18.2. The first kappa shape index (κ1) is 23.7. The van der Waals surface area contributed by atoms with Gasteiger partial charge in [0.2, 0.25) is 17.6 Å². The van der Waals surface area contributed by atoms with Gasteiger partial charge in [-0.25, -0.2) is 0 Å². The number of aromatic nitrogens is 2. The molecule has 0 unspecified atom stereocenters. The number of hydrogen-bond acceptors (Lipinski definition) is 5. The fraction of sp³-hybridized carbons (Fsp3) is 0.593. The van der Waals surface area contributed by atoms with E-state index < -0.39 is 0 Å². The van der Waals surface area contributed by atoms with Crippen LogP contribution in [0.4, 0.5) is 0 Å². The zero-order valence-electron chi connectivity index (χ0n) is 20.4. The number of likely N-dealkylation sites (tertiary alicyclic amines) is 1. The van der Waals surface area contributed by atoms with Gasteiger partial charge in [-0.05, 0) is 69.0 Å². The highest BCUT2D eigenvalue weighted by molar-refractivity contribution is 5.78. The van der Waals surface area contributed by atoms with Gasteiger partial charge < -0.3 is 9.84 Å². The molecule has 1 aromatic heterocycles. The molecule has 2 heterocycles. The summed E-state index contributed by atoms with van der Waals surface area (Å²) < 4.78 is 5.52. The molecule has 1 saturated heterocycles. The highest BCUT2D eigenvalue weighted by Gasteiger charge is 2.26. The first-order valence-corrected chi connectivity index (χ1v) is 12.5. The molecule has 6 heteroatoms. The van der Waals surface area contributed by atoms with Crippen LogP contribution in [0.15, 0.2) is 40.4 Å². The van der Waals surface area contributed by atoms with Crippen LogP contribution in [0.5, 0.6) is 0 Å². The Labute approximate surface area is 197 Å². The van der Waals surface area contributed by atoms with E-state index in [-0.39, 0.29) is 17.2 Å². The Balaban J connectivity index is 1.21. The van der Waals surface area contributed by atoms with Crippen LogP contribution in [0, 0.1) is 5.92 Å². The Hall–Kier alpha value is -2.47. The first-order chi connectivity index (χ1) is 15.9. The molecule has 33 heavy (non-hydrogen) atoms. The quantitative estimate of drug-likeness (QED) is 0.583. The monoisotopic (exact) mass is 450 g/mol. The van der Waals surface area contributed by atoms with Crippen LogP contribution in [0.3, 0.4) is 0 Å². The highest BCUT2D eigenvalue weighted by atomic mass is 16.5. The molecule has 2 aromatic rings. The number of nitrogens with zero attached hydrogens (tertiary/aromatic N) is 3. The molecule has 0 bridgehead atoms. The molecule has 0 atom stereocenters. The minimum absolute atomic E-state index is 0.112. The van der Waals surface area contributed by atoms with Crippen LogP contribution in [0.2, 0.25) is 0 Å². The van der Waals surface area contributed by atoms with E-state index in [1.54, 1.807) is 0 Å².